The van der Waals surface area contributed by atoms with Crippen molar-refractivity contribution < 1.29 is 26.1 Å². The van der Waals surface area contributed by atoms with E-state index in [-0.39, 0.29) is 32.7 Å². The van der Waals surface area contributed by atoms with Gasteiger partial charge in [0.05, 0.1) is 4.88 Å². The van der Waals surface area contributed by atoms with E-state index < -0.39 is 22.0 Å². The number of thiophene rings is 1. The fourth-order valence-corrected chi connectivity index (χ4v) is 5.82. The van der Waals surface area contributed by atoms with E-state index in [1.54, 1.807) is 0 Å². The molecule has 0 bridgehead atoms. The highest BCUT2D eigenvalue weighted by Gasteiger charge is 2.49. The first-order valence-corrected chi connectivity index (χ1v) is 10.7. The first-order valence-electron chi connectivity index (χ1n) is 8.38. The van der Waals surface area contributed by atoms with Crippen LogP contribution in [0.3, 0.4) is 0 Å². The number of rotatable bonds is 5. The first-order chi connectivity index (χ1) is 13.2. The van der Waals surface area contributed by atoms with Crippen molar-refractivity contribution in [3.63, 3.8) is 0 Å². The molecule has 3 aromatic rings. The third-order valence-electron chi connectivity index (χ3n) is 4.74. The van der Waals surface area contributed by atoms with Crippen LogP contribution < -0.4 is 4.72 Å². The Hall–Kier alpha value is -2.17. The minimum Gasteiger partial charge on any atom is -0.351 e. The van der Waals surface area contributed by atoms with Crippen LogP contribution in [0.25, 0.3) is 10.6 Å². The largest absolute Gasteiger partial charge is 0.452 e. The van der Waals surface area contributed by atoms with E-state index in [1.807, 2.05) is 37.3 Å². The molecule has 28 heavy (non-hydrogen) atoms. The number of sulfonamides is 1. The lowest BCUT2D eigenvalue weighted by atomic mass is 10.1. The molecule has 4 rings (SSSR count). The second-order valence-corrected chi connectivity index (χ2v) is 9.66. The molecule has 0 saturated heterocycles. The van der Waals surface area contributed by atoms with Gasteiger partial charge >= 0.3 is 6.18 Å². The maximum Gasteiger partial charge on any atom is 0.452 e. The quantitative estimate of drug-likeness (QED) is 0.649. The normalized spacial score (nSPS) is 22.4. The number of halogens is 3. The van der Waals surface area contributed by atoms with Gasteiger partial charge in [0.1, 0.15) is 9.90 Å². The Bertz CT molecular complexity index is 1090. The van der Waals surface area contributed by atoms with Gasteiger partial charge in [0.25, 0.3) is 0 Å². The molecule has 1 saturated carbocycles. The van der Waals surface area contributed by atoms with Crippen molar-refractivity contribution >= 4 is 21.4 Å². The van der Waals surface area contributed by atoms with Crippen LogP contribution in [0, 0.1) is 5.92 Å². The van der Waals surface area contributed by atoms with Gasteiger partial charge < -0.3 is 4.52 Å². The molecular weight excluding hydrogens is 413 g/mol. The van der Waals surface area contributed by atoms with E-state index >= 15 is 0 Å². The number of nitrogens with zero attached hydrogens (tertiary/aromatic N) is 1. The highest BCUT2D eigenvalue weighted by atomic mass is 32.2. The molecule has 1 N–H and O–H groups in total. The van der Waals surface area contributed by atoms with Crippen LogP contribution in [0.15, 0.2) is 57.3 Å². The maximum absolute atomic E-state index is 12.7. The Kier molecular flexibility index (Phi) is 4.59. The molecule has 0 unspecified atom stereocenters. The lowest BCUT2D eigenvalue weighted by Gasteiger charge is -2.04. The number of hydrogen-bond donors (Lipinski definition) is 1. The summed E-state index contributed by atoms with van der Waals surface area (Å²) in [4.78, 5) is 0.281. The summed E-state index contributed by atoms with van der Waals surface area (Å²) in [5, 5.41) is 3.39. The average Bonchev–Trinajstić information content (AvgIpc) is 3.10. The zero-order chi connectivity index (χ0) is 20.1. The average molecular weight is 428 g/mol. The molecule has 0 amide bonds. The fourth-order valence-electron chi connectivity index (χ4n) is 3.19. The summed E-state index contributed by atoms with van der Waals surface area (Å²) in [6.07, 6.45) is -4.65. The van der Waals surface area contributed by atoms with Gasteiger partial charge in [0.2, 0.25) is 15.8 Å². The smallest absolute Gasteiger partial charge is 0.351 e. The molecule has 2 heterocycles. The van der Waals surface area contributed by atoms with Gasteiger partial charge in [0, 0.05) is 18.0 Å². The molecule has 0 spiro atoms. The predicted molar refractivity (Wildman–Crippen MR) is 97.3 cm³/mol. The van der Waals surface area contributed by atoms with E-state index in [0.29, 0.717) is 0 Å². The van der Waals surface area contributed by atoms with Gasteiger partial charge in [-0.25, -0.2) is 13.1 Å². The summed E-state index contributed by atoms with van der Waals surface area (Å²) in [6, 6.07) is 12.9. The minimum absolute atomic E-state index is 0.0185. The van der Waals surface area contributed by atoms with Crippen LogP contribution in [-0.2, 0) is 16.2 Å². The van der Waals surface area contributed by atoms with Crippen molar-refractivity contribution in [2.45, 2.75) is 29.3 Å². The summed E-state index contributed by atoms with van der Waals surface area (Å²) >= 11 is 0.845. The third kappa shape index (κ3) is 3.59. The zero-order valence-electron chi connectivity index (χ0n) is 14.5. The van der Waals surface area contributed by atoms with Gasteiger partial charge in [0.15, 0.2) is 0 Å². The van der Waals surface area contributed by atoms with Crippen LogP contribution >= 0.6 is 11.3 Å². The molecule has 1 aromatic carbocycles. The summed E-state index contributed by atoms with van der Waals surface area (Å²) < 4.78 is 70.3. The lowest BCUT2D eigenvalue weighted by molar-refractivity contribution is -0.155. The minimum atomic E-state index is -4.65. The number of aromatic nitrogens is 1. The number of hydrogen-bond acceptors (Lipinski definition) is 5. The monoisotopic (exact) mass is 428 g/mol. The summed E-state index contributed by atoms with van der Waals surface area (Å²) in [5.74, 6) is -0.974. The molecule has 1 aliphatic carbocycles. The van der Waals surface area contributed by atoms with Gasteiger partial charge in [-0.3, -0.25) is 0 Å². The molecule has 1 fully saturated rings. The summed E-state index contributed by atoms with van der Waals surface area (Å²) in [6.45, 7) is 1.97. The second kappa shape index (κ2) is 6.71. The molecule has 5 nitrogen and oxygen atoms in total. The van der Waals surface area contributed by atoms with E-state index in [1.165, 1.54) is 12.1 Å². The van der Waals surface area contributed by atoms with Crippen molar-refractivity contribution in [1.29, 1.82) is 0 Å². The van der Waals surface area contributed by atoms with Gasteiger partial charge in [-0.05, 0) is 23.6 Å². The standard InChI is InChI=1S/C18H15F3N2O3S2/c1-10-16(11-5-3-2-4-6-11)17(10)23-28(24,25)15-8-7-13(27-15)12-9-14(26-22-12)18(19,20)21/h2-10,16-17,23H,1H3/t10-,16-,17+/m0/s1. The Balaban J connectivity index is 1.51. The van der Waals surface area contributed by atoms with Crippen LogP contribution in [-0.4, -0.2) is 19.6 Å². The second-order valence-electron chi connectivity index (χ2n) is 6.64. The summed E-state index contributed by atoms with van der Waals surface area (Å²) in [5.41, 5.74) is 1.01. The van der Waals surface area contributed by atoms with Gasteiger partial charge in [-0.1, -0.05) is 42.4 Å². The maximum atomic E-state index is 12.7. The van der Waals surface area contributed by atoms with E-state index in [2.05, 4.69) is 14.4 Å². The molecule has 3 atom stereocenters. The molecule has 0 radical (unpaired) electrons. The van der Waals surface area contributed by atoms with E-state index in [0.717, 1.165) is 23.0 Å². The van der Waals surface area contributed by atoms with E-state index in [4.69, 9.17) is 0 Å². The van der Waals surface area contributed by atoms with Crippen molar-refractivity contribution in [3.05, 3.63) is 59.9 Å². The SMILES string of the molecule is C[C@@H]1[C@@H](NS(=O)(=O)c2ccc(-c3cc(C(F)(F)F)on3)s2)[C@@H]1c1ccccc1. The molecule has 148 valence electrons. The first kappa shape index (κ1) is 19.2. The predicted octanol–water partition coefficient (Wildman–Crippen LogP) is 4.50. The third-order valence-corrected chi connectivity index (χ3v) is 7.80. The molecule has 10 heteroatoms. The Morgan fingerprint density at radius 3 is 2.50 bits per heavy atom. The highest BCUT2D eigenvalue weighted by molar-refractivity contribution is 7.91. The Labute approximate surface area is 163 Å². The van der Waals surface area contributed by atoms with Crippen LogP contribution in [0.2, 0.25) is 0 Å². The molecular formula is C18H15F3N2O3S2. The van der Waals surface area contributed by atoms with Crippen LogP contribution in [0.5, 0.6) is 0 Å². The van der Waals surface area contributed by atoms with Crippen molar-refractivity contribution in [3.8, 4) is 10.6 Å². The van der Waals surface area contributed by atoms with Crippen molar-refractivity contribution in [1.82, 2.24) is 9.88 Å². The molecule has 2 aromatic heterocycles. The summed E-state index contributed by atoms with van der Waals surface area (Å²) in [7, 11) is -3.79. The Morgan fingerprint density at radius 1 is 1.14 bits per heavy atom. The number of alkyl halides is 3. The molecule has 1 aliphatic rings. The fraction of sp³-hybridized carbons (Fsp3) is 0.278. The zero-order valence-corrected chi connectivity index (χ0v) is 16.1. The van der Waals surface area contributed by atoms with E-state index in [9.17, 15) is 21.6 Å². The number of nitrogens with one attached hydrogen (secondary N) is 1. The highest BCUT2D eigenvalue weighted by Crippen LogP contribution is 2.48. The van der Waals surface area contributed by atoms with Crippen LogP contribution in [0.4, 0.5) is 13.2 Å². The Morgan fingerprint density at radius 2 is 1.86 bits per heavy atom. The van der Waals surface area contributed by atoms with Gasteiger partial charge in [-0.2, -0.15) is 13.2 Å². The van der Waals surface area contributed by atoms with Crippen molar-refractivity contribution in [2.24, 2.45) is 5.92 Å². The topological polar surface area (TPSA) is 72.2 Å². The van der Waals surface area contributed by atoms with Crippen LogP contribution in [0.1, 0.15) is 24.2 Å². The van der Waals surface area contributed by atoms with Crippen molar-refractivity contribution in [2.75, 3.05) is 0 Å². The van der Waals surface area contributed by atoms with Gasteiger partial charge in [-0.15, -0.1) is 11.3 Å². The lowest BCUT2D eigenvalue weighted by Crippen LogP contribution is -2.27. The molecule has 0 aliphatic heterocycles. The number of benzene rings is 1.